The minimum absolute atomic E-state index is 0.0295. The number of ether oxygens (including phenoxy) is 3. The van der Waals surface area contributed by atoms with Gasteiger partial charge < -0.3 is 19.3 Å². The number of aliphatic hydroxyl groups excluding tert-OH is 1. The van der Waals surface area contributed by atoms with E-state index < -0.39 is 69.9 Å². The van der Waals surface area contributed by atoms with Crippen LogP contribution in [0.3, 0.4) is 0 Å². The Bertz CT molecular complexity index is 1170. The van der Waals surface area contributed by atoms with Gasteiger partial charge in [0.05, 0.1) is 12.0 Å². The second-order valence-electron chi connectivity index (χ2n) is 11.9. The molecule has 0 amide bonds. The lowest BCUT2D eigenvalue weighted by Gasteiger charge is -2.61. The summed E-state index contributed by atoms with van der Waals surface area (Å²) in [5, 5.41) is 9.95. The van der Waals surface area contributed by atoms with Gasteiger partial charge in [0.1, 0.15) is 17.6 Å². The molecule has 208 valence electrons. The Morgan fingerprint density at radius 2 is 1.92 bits per heavy atom. The fraction of sp³-hybridized carbons (Fsp3) is 0.714. The van der Waals surface area contributed by atoms with E-state index >= 15 is 8.78 Å². The highest BCUT2D eigenvalue weighted by Gasteiger charge is 2.76. The number of allylic oxidation sites excluding steroid dienone is 3. The lowest BCUT2D eigenvalue weighted by atomic mass is 9.44. The molecule has 5 aliphatic rings. The van der Waals surface area contributed by atoms with E-state index in [-0.39, 0.29) is 48.7 Å². The number of carbonyl (C=O) groups is 3. The van der Waals surface area contributed by atoms with E-state index in [1.165, 1.54) is 13.0 Å². The molecule has 9 atom stereocenters. The van der Waals surface area contributed by atoms with Crippen LogP contribution in [0.4, 0.5) is 8.78 Å². The molecule has 0 aromatic rings. The van der Waals surface area contributed by atoms with Crippen LogP contribution in [0.15, 0.2) is 23.5 Å². The third kappa shape index (κ3) is 3.34. The van der Waals surface area contributed by atoms with Gasteiger partial charge in [-0.3, -0.25) is 9.59 Å². The number of esters is 2. The third-order valence-electron chi connectivity index (χ3n) is 10.3. The monoisotopic (exact) mass is 552 g/mol. The number of hydrogen-bond acceptors (Lipinski definition) is 8. The van der Waals surface area contributed by atoms with E-state index in [2.05, 4.69) is 0 Å². The number of alkyl halides is 2. The molecule has 0 unspecified atom stereocenters. The molecular formula is C28H34F2O7S. The van der Waals surface area contributed by atoms with Crippen molar-refractivity contribution in [1.29, 1.82) is 0 Å². The summed E-state index contributed by atoms with van der Waals surface area (Å²) in [5.74, 6) is -3.88. The van der Waals surface area contributed by atoms with E-state index in [0.29, 0.717) is 12.8 Å². The highest BCUT2D eigenvalue weighted by molar-refractivity contribution is 7.80. The second-order valence-corrected chi connectivity index (χ2v) is 12.3. The van der Waals surface area contributed by atoms with Crippen LogP contribution in [0, 0.1) is 28.6 Å². The number of fused-ring (bicyclic) bond motifs is 5. The maximum atomic E-state index is 17.4. The molecule has 0 aromatic heterocycles. The summed E-state index contributed by atoms with van der Waals surface area (Å²) in [5.41, 5.74) is -6.27. The number of thiocarbonyl (C=S) groups is 1. The van der Waals surface area contributed by atoms with Crippen LogP contribution in [-0.4, -0.2) is 58.0 Å². The van der Waals surface area contributed by atoms with Crippen LogP contribution in [0.2, 0.25) is 0 Å². The molecule has 5 rings (SSSR count). The first-order valence-corrected chi connectivity index (χ1v) is 13.8. The minimum atomic E-state index is -2.08. The Morgan fingerprint density at radius 3 is 2.55 bits per heavy atom. The smallest absolute Gasteiger partial charge is 0.347 e. The van der Waals surface area contributed by atoms with Gasteiger partial charge in [0, 0.05) is 36.2 Å². The molecule has 1 aliphatic heterocycles. The zero-order valence-electron chi connectivity index (χ0n) is 22.1. The van der Waals surface area contributed by atoms with E-state index in [1.807, 2.05) is 13.8 Å². The zero-order chi connectivity index (χ0) is 27.8. The number of cyclic esters (lactones) is 1. The zero-order valence-corrected chi connectivity index (χ0v) is 22.9. The van der Waals surface area contributed by atoms with Gasteiger partial charge in [-0.25, -0.2) is 13.6 Å². The average Bonchev–Trinajstić information content (AvgIpc) is 3.36. The van der Waals surface area contributed by atoms with Gasteiger partial charge in [-0.05, 0) is 62.4 Å². The van der Waals surface area contributed by atoms with Crippen molar-refractivity contribution in [1.82, 2.24) is 0 Å². The summed E-state index contributed by atoms with van der Waals surface area (Å²) >= 11 is 5.77. The Kier molecular flexibility index (Phi) is 6.32. The van der Waals surface area contributed by atoms with Gasteiger partial charge in [0.25, 0.3) is 0 Å². The third-order valence-corrected chi connectivity index (χ3v) is 10.7. The average molecular weight is 553 g/mol. The predicted octanol–water partition coefficient (Wildman–Crippen LogP) is 4.82. The van der Waals surface area contributed by atoms with Gasteiger partial charge in [-0.15, -0.1) is 0 Å². The second kappa shape index (κ2) is 8.83. The van der Waals surface area contributed by atoms with Gasteiger partial charge in [0.2, 0.25) is 5.05 Å². The Morgan fingerprint density at radius 1 is 1.21 bits per heavy atom. The fourth-order valence-electron chi connectivity index (χ4n) is 8.25. The molecular weight excluding hydrogens is 518 g/mol. The van der Waals surface area contributed by atoms with Crippen LogP contribution in [-0.2, 0) is 28.6 Å². The summed E-state index contributed by atoms with van der Waals surface area (Å²) in [6, 6.07) is 0. The van der Waals surface area contributed by atoms with Crippen molar-refractivity contribution in [3.8, 4) is 0 Å². The number of carbonyl (C=O) groups excluding carboxylic acids is 3. The molecule has 7 nitrogen and oxygen atoms in total. The quantitative estimate of drug-likeness (QED) is 0.392. The molecule has 0 aromatic carbocycles. The number of halogens is 2. The standard InChI is InChI=1S/C28H34F2O7S/c1-5-22(33)37-28(24(38)36-20-6-9-35-23(20)34)14(2)10-16-17-13-19(29)18-11-15(31)12-21(32)26(18,4)27(17,30)8-7-25(16,28)3/h11-12,14,16-17,19-20,31H,5-10,13H2,1-4H3/t14-,16+,17+,19+,20+,25+,26-,27-,28+/m1/s1. The summed E-state index contributed by atoms with van der Waals surface area (Å²) in [6.45, 7) is 7.02. The van der Waals surface area contributed by atoms with Crippen LogP contribution >= 0.6 is 12.2 Å². The lowest BCUT2D eigenvalue weighted by molar-refractivity contribution is -0.192. The molecule has 1 N–H and O–H groups in total. The molecule has 1 heterocycles. The van der Waals surface area contributed by atoms with Crippen LogP contribution in [0.1, 0.15) is 66.2 Å². The maximum absolute atomic E-state index is 17.4. The van der Waals surface area contributed by atoms with E-state index in [0.717, 1.165) is 6.08 Å². The van der Waals surface area contributed by atoms with Crippen molar-refractivity contribution in [2.75, 3.05) is 6.61 Å². The van der Waals surface area contributed by atoms with Crippen molar-refractivity contribution < 1.29 is 42.5 Å². The number of rotatable bonds is 4. The van der Waals surface area contributed by atoms with Gasteiger partial charge in [-0.2, -0.15) is 0 Å². The van der Waals surface area contributed by atoms with Crippen molar-refractivity contribution >= 4 is 35.0 Å². The van der Waals surface area contributed by atoms with Gasteiger partial charge in [0.15, 0.2) is 17.5 Å². The number of aliphatic hydroxyl groups is 1. The maximum Gasteiger partial charge on any atom is 0.347 e. The topological polar surface area (TPSA) is 99.1 Å². The van der Waals surface area contributed by atoms with Crippen molar-refractivity contribution in [3.05, 3.63) is 23.5 Å². The Hall–Kier alpha value is -2.36. The number of ketones is 1. The van der Waals surface area contributed by atoms with Crippen LogP contribution < -0.4 is 0 Å². The molecule has 0 bridgehead atoms. The van der Waals surface area contributed by atoms with Gasteiger partial charge >= 0.3 is 11.9 Å². The van der Waals surface area contributed by atoms with E-state index in [9.17, 15) is 19.5 Å². The first-order valence-electron chi connectivity index (χ1n) is 13.4. The van der Waals surface area contributed by atoms with Crippen molar-refractivity contribution in [2.45, 2.75) is 89.8 Å². The lowest BCUT2D eigenvalue weighted by Crippen LogP contribution is -2.67. The van der Waals surface area contributed by atoms with Crippen molar-refractivity contribution in [2.24, 2.45) is 28.6 Å². The number of hydrogen-bond donors (Lipinski definition) is 1. The molecule has 4 fully saturated rings. The molecule has 1 saturated heterocycles. The minimum Gasteiger partial charge on any atom is -0.508 e. The van der Waals surface area contributed by atoms with E-state index in [4.69, 9.17) is 26.4 Å². The fourth-order valence-corrected chi connectivity index (χ4v) is 8.85. The first kappa shape index (κ1) is 27.2. The van der Waals surface area contributed by atoms with Gasteiger partial charge in [-0.1, -0.05) is 20.8 Å². The molecule has 0 spiro atoms. The molecule has 4 aliphatic carbocycles. The molecule has 38 heavy (non-hydrogen) atoms. The molecule has 10 heteroatoms. The first-order chi connectivity index (χ1) is 17.8. The predicted molar refractivity (Wildman–Crippen MR) is 136 cm³/mol. The van der Waals surface area contributed by atoms with Crippen LogP contribution in [0.25, 0.3) is 0 Å². The Labute approximate surface area is 225 Å². The highest BCUT2D eigenvalue weighted by atomic mass is 32.1. The van der Waals surface area contributed by atoms with E-state index in [1.54, 1.807) is 6.92 Å². The summed E-state index contributed by atoms with van der Waals surface area (Å²) in [4.78, 5) is 38.2. The van der Waals surface area contributed by atoms with Crippen molar-refractivity contribution in [3.63, 3.8) is 0 Å². The summed E-state index contributed by atoms with van der Waals surface area (Å²) in [7, 11) is 0. The highest BCUT2D eigenvalue weighted by Crippen LogP contribution is 2.72. The Balaban J connectivity index is 1.58. The normalized spacial score (nSPS) is 45.7. The SMILES string of the molecule is CCC(=O)O[C@]1(C(=S)O[C@H]2CCOC2=O)[C@H](C)C[C@H]2[C@@H]3C[C@H](F)C4=CC(O)=CC(=O)[C@]4(C)[C@@]3(F)CC[C@@]21C. The molecule has 0 radical (unpaired) electrons. The summed E-state index contributed by atoms with van der Waals surface area (Å²) < 4.78 is 50.3. The summed E-state index contributed by atoms with van der Waals surface area (Å²) in [6.07, 6.45) is 0.263. The van der Waals surface area contributed by atoms with Crippen LogP contribution in [0.5, 0.6) is 0 Å². The largest absolute Gasteiger partial charge is 0.508 e. The molecule has 3 saturated carbocycles.